The van der Waals surface area contributed by atoms with Crippen molar-refractivity contribution in [2.24, 2.45) is 0 Å². The molecule has 2 rings (SSSR count). The molecule has 0 amide bonds. The first-order valence-electron chi connectivity index (χ1n) is 7.37. The van der Waals surface area contributed by atoms with Crippen molar-refractivity contribution < 1.29 is 9.53 Å². The van der Waals surface area contributed by atoms with E-state index in [4.69, 9.17) is 0 Å². The highest BCUT2D eigenvalue weighted by molar-refractivity contribution is 5.37. The molecule has 5 nitrogen and oxygen atoms in total. The Morgan fingerprint density at radius 1 is 1.52 bits per heavy atom. The van der Waals surface area contributed by atoms with E-state index < -0.39 is 0 Å². The zero-order valence-corrected chi connectivity index (χ0v) is 13.5. The van der Waals surface area contributed by atoms with Gasteiger partial charge in [0.1, 0.15) is 5.60 Å². The number of nitrogens with one attached hydrogen (secondary N) is 1. The number of carbonyl (C=O) groups is 1. The summed E-state index contributed by atoms with van der Waals surface area (Å²) in [5, 5.41) is 3.39. The molecule has 1 unspecified atom stereocenters. The van der Waals surface area contributed by atoms with E-state index in [2.05, 4.69) is 32.9 Å². The lowest BCUT2D eigenvalue weighted by atomic mass is 10.2. The molecule has 1 N–H and O–H groups in total. The van der Waals surface area contributed by atoms with Gasteiger partial charge in [-0.1, -0.05) is 6.07 Å². The SMILES string of the molecule is CC(C)(C)OC=O.CC1CNCCN1Cc1cccnc1. The summed E-state index contributed by atoms with van der Waals surface area (Å²) in [6, 6.07) is 4.77. The summed E-state index contributed by atoms with van der Waals surface area (Å²) < 4.78 is 4.55. The third kappa shape index (κ3) is 7.78. The van der Waals surface area contributed by atoms with Crippen molar-refractivity contribution in [3.8, 4) is 0 Å². The van der Waals surface area contributed by atoms with Crippen LogP contribution in [0.15, 0.2) is 24.5 Å². The molecule has 1 aromatic rings. The van der Waals surface area contributed by atoms with Crippen molar-refractivity contribution in [2.75, 3.05) is 19.6 Å². The Morgan fingerprint density at radius 2 is 2.29 bits per heavy atom. The maximum Gasteiger partial charge on any atom is 0.293 e. The Balaban J connectivity index is 0.000000270. The van der Waals surface area contributed by atoms with E-state index in [-0.39, 0.29) is 5.60 Å². The molecule has 0 aliphatic carbocycles. The number of pyridine rings is 1. The van der Waals surface area contributed by atoms with Crippen molar-refractivity contribution in [3.63, 3.8) is 0 Å². The molecule has 1 aliphatic rings. The molecular weight excluding hydrogens is 266 g/mol. The average Bonchev–Trinajstić information content (AvgIpc) is 2.42. The number of nitrogens with zero attached hydrogens (tertiary/aromatic N) is 2. The fourth-order valence-corrected chi connectivity index (χ4v) is 1.99. The molecule has 21 heavy (non-hydrogen) atoms. The minimum Gasteiger partial charge on any atom is -0.462 e. The highest BCUT2D eigenvalue weighted by Gasteiger charge is 2.17. The zero-order chi connectivity index (χ0) is 15.7. The number of hydrogen-bond acceptors (Lipinski definition) is 5. The summed E-state index contributed by atoms with van der Waals surface area (Å²) in [4.78, 5) is 16.2. The van der Waals surface area contributed by atoms with Crippen LogP contribution in [0.1, 0.15) is 33.3 Å². The Labute approximate surface area is 127 Å². The van der Waals surface area contributed by atoms with Gasteiger partial charge in [-0.2, -0.15) is 0 Å². The van der Waals surface area contributed by atoms with Crippen molar-refractivity contribution in [1.29, 1.82) is 0 Å². The Kier molecular flexibility index (Phi) is 7.32. The monoisotopic (exact) mass is 293 g/mol. The van der Waals surface area contributed by atoms with Crippen LogP contribution in [0, 0.1) is 0 Å². The second-order valence-corrected chi connectivity index (χ2v) is 6.21. The number of rotatable bonds is 3. The molecule has 0 aromatic carbocycles. The van der Waals surface area contributed by atoms with Crippen LogP contribution in [0.3, 0.4) is 0 Å². The van der Waals surface area contributed by atoms with Crippen molar-refractivity contribution in [1.82, 2.24) is 15.2 Å². The molecule has 5 heteroatoms. The van der Waals surface area contributed by atoms with Crippen molar-refractivity contribution >= 4 is 6.47 Å². The van der Waals surface area contributed by atoms with Crippen molar-refractivity contribution in [2.45, 2.75) is 45.9 Å². The highest BCUT2D eigenvalue weighted by Crippen LogP contribution is 2.08. The maximum absolute atomic E-state index is 9.60. The van der Waals surface area contributed by atoms with E-state index >= 15 is 0 Å². The smallest absolute Gasteiger partial charge is 0.293 e. The van der Waals surface area contributed by atoms with Gasteiger partial charge in [0.15, 0.2) is 0 Å². The number of piperazine rings is 1. The van der Waals surface area contributed by atoms with E-state index in [0.29, 0.717) is 12.5 Å². The van der Waals surface area contributed by atoms with Crippen LogP contribution in [-0.2, 0) is 16.1 Å². The fraction of sp³-hybridized carbons (Fsp3) is 0.625. The van der Waals surface area contributed by atoms with Gasteiger partial charge in [-0.05, 0) is 39.3 Å². The Morgan fingerprint density at radius 3 is 2.76 bits per heavy atom. The van der Waals surface area contributed by atoms with Gasteiger partial charge in [-0.25, -0.2) is 0 Å². The number of ether oxygens (including phenoxy) is 1. The van der Waals surface area contributed by atoms with Crippen LogP contribution in [0.25, 0.3) is 0 Å². The topological polar surface area (TPSA) is 54.5 Å². The fourth-order valence-electron chi connectivity index (χ4n) is 1.99. The molecule has 0 bridgehead atoms. The minimum atomic E-state index is -0.318. The van der Waals surface area contributed by atoms with Gasteiger partial charge in [0.05, 0.1) is 0 Å². The van der Waals surface area contributed by atoms with Gasteiger partial charge in [-0.15, -0.1) is 0 Å². The van der Waals surface area contributed by atoms with Gasteiger partial charge in [0, 0.05) is 44.6 Å². The first-order valence-corrected chi connectivity index (χ1v) is 7.37. The molecule has 118 valence electrons. The lowest BCUT2D eigenvalue weighted by molar-refractivity contribution is -0.138. The summed E-state index contributed by atoms with van der Waals surface area (Å²) in [6.45, 7) is 12.5. The van der Waals surface area contributed by atoms with Gasteiger partial charge in [-0.3, -0.25) is 14.7 Å². The van der Waals surface area contributed by atoms with Crippen LogP contribution in [0.4, 0.5) is 0 Å². The van der Waals surface area contributed by atoms with Crippen LogP contribution in [-0.4, -0.2) is 47.6 Å². The molecule has 0 saturated carbocycles. The molecule has 1 atom stereocenters. The van der Waals surface area contributed by atoms with E-state index in [1.165, 1.54) is 5.56 Å². The first-order chi connectivity index (χ1) is 9.92. The molecule has 2 heterocycles. The zero-order valence-electron chi connectivity index (χ0n) is 13.5. The molecule has 1 aliphatic heterocycles. The first kappa shape index (κ1) is 17.6. The normalized spacial score (nSPS) is 19.3. The summed E-state index contributed by atoms with van der Waals surface area (Å²) >= 11 is 0. The lowest BCUT2D eigenvalue weighted by Gasteiger charge is -2.33. The van der Waals surface area contributed by atoms with E-state index in [1.807, 2.05) is 39.2 Å². The van der Waals surface area contributed by atoms with Gasteiger partial charge >= 0.3 is 0 Å². The Hall–Kier alpha value is -1.46. The number of hydrogen-bond donors (Lipinski definition) is 1. The van der Waals surface area contributed by atoms with Crippen molar-refractivity contribution in [3.05, 3.63) is 30.1 Å². The molecular formula is C16H27N3O2. The summed E-state index contributed by atoms with van der Waals surface area (Å²) in [5.74, 6) is 0. The van der Waals surface area contributed by atoms with E-state index in [0.717, 1.165) is 26.2 Å². The molecule has 1 aromatic heterocycles. The van der Waals surface area contributed by atoms with Gasteiger partial charge < -0.3 is 10.1 Å². The maximum atomic E-state index is 9.60. The summed E-state index contributed by atoms with van der Waals surface area (Å²) in [5.41, 5.74) is 0.989. The third-order valence-electron chi connectivity index (χ3n) is 3.15. The predicted octanol–water partition coefficient (Wildman–Crippen LogP) is 1.83. The third-order valence-corrected chi connectivity index (χ3v) is 3.15. The van der Waals surface area contributed by atoms with Crippen LogP contribution >= 0.6 is 0 Å². The van der Waals surface area contributed by atoms with Gasteiger partial charge in [0.2, 0.25) is 0 Å². The van der Waals surface area contributed by atoms with Crippen LogP contribution < -0.4 is 5.32 Å². The predicted molar refractivity (Wildman–Crippen MR) is 83.9 cm³/mol. The standard InChI is InChI=1S/C11H17N3.C5H10O2/c1-10-7-13-5-6-14(10)9-11-3-2-4-12-8-11;1-5(2,3)7-4-6/h2-4,8,10,13H,5-7,9H2,1H3;4H,1-3H3. The quantitative estimate of drug-likeness (QED) is 0.862. The van der Waals surface area contributed by atoms with Gasteiger partial charge in [0.25, 0.3) is 6.47 Å². The van der Waals surface area contributed by atoms with Crippen LogP contribution in [0.2, 0.25) is 0 Å². The summed E-state index contributed by atoms with van der Waals surface area (Å²) in [7, 11) is 0. The second kappa shape index (κ2) is 8.74. The molecule has 1 saturated heterocycles. The second-order valence-electron chi connectivity index (χ2n) is 6.21. The lowest BCUT2D eigenvalue weighted by Crippen LogP contribution is -2.49. The number of carbonyl (C=O) groups excluding carboxylic acids is 1. The number of aromatic nitrogens is 1. The van der Waals surface area contributed by atoms with Crippen LogP contribution in [0.5, 0.6) is 0 Å². The molecule has 0 radical (unpaired) electrons. The molecule has 1 fully saturated rings. The largest absolute Gasteiger partial charge is 0.462 e. The summed E-state index contributed by atoms with van der Waals surface area (Å²) in [6.07, 6.45) is 3.78. The highest BCUT2D eigenvalue weighted by atomic mass is 16.5. The van der Waals surface area contributed by atoms with E-state index in [9.17, 15) is 4.79 Å². The average molecular weight is 293 g/mol. The Bertz CT molecular complexity index is 404. The minimum absolute atomic E-state index is 0.318. The van der Waals surface area contributed by atoms with E-state index in [1.54, 1.807) is 0 Å². The molecule has 0 spiro atoms.